The van der Waals surface area contributed by atoms with Crippen LogP contribution in [0, 0.1) is 0 Å². The van der Waals surface area contributed by atoms with Crippen LogP contribution in [-0.4, -0.2) is 22.9 Å². The van der Waals surface area contributed by atoms with E-state index in [1.165, 1.54) is 6.20 Å². The van der Waals surface area contributed by atoms with Gasteiger partial charge in [0.05, 0.1) is 6.20 Å². The van der Waals surface area contributed by atoms with Crippen molar-refractivity contribution in [1.82, 2.24) is 4.98 Å². The second kappa shape index (κ2) is 3.74. The number of carboxylic acid groups (broad SMARTS) is 1. The van der Waals surface area contributed by atoms with Crippen LogP contribution in [0.15, 0.2) is 24.4 Å². The van der Waals surface area contributed by atoms with Gasteiger partial charge in [0, 0.05) is 5.56 Å². The van der Waals surface area contributed by atoms with Crippen LogP contribution in [0.2, 0.25) is 0 Å². The van der Waals surface area contributed by atoms with Crippen molar-refractivity contribution in [2.75, 3.05) is 6.79 Å². The lowest BCUT2D eigenvalue weighted by atomic mass is 10.2. The van der Waals surface area contributed by atoms with Gasteiger partial charge in [0.25, 0.3) is 0 Å². The number of ether oxygens (including phenoxy) is 2. The van der Waals surface area contributed by atoms with E-state index < -0.39 is 5.97 Å². The van der Waals surface area contributed by atoms with Gasteiger partial charge in [-0.3, -0.25) is 0 Å². The Morgan fingerprint density at radius 2 is 2.18 bits per heavy atom. The van der Waals surface area contributed by atoms with Gasteiger partial charge >= 0.3 is 5.97 Å². The van der Waals surface area contributed by atoms with E-state index in [1.54, 1.807) is 12.1 Å². The highest BCUT2D eigenvalue weighted by molar-refractivity contribution is 7.16. The minimum atomic E-state index is -0.963. The number of aromatic carboxylic acids is 1. The Kier molecular flexibility index (Phi) is 2.22. The van der Waals surface area contributed by atoms with Crippen LogP contribution in [-0.2, 0) is 0 Å². The standard InChI is InChI=1S/C11H7NO4S/c13-11(14)9-4-12-10(17-9)6-1-2-7-8(3-6)16-5-15-7/h1-4H,5H2,(H,13,14). The molecule has 1 aromatic heterocycles. The molecule has 0 amide bonds. The van der Waals surface area contributed by atoms with Gasteiger partial charge < -0.3 is 14.6 Å². The molecule has 1 aliphatic heterocycles. The summed E-state index contributed by atoms with van der Waals surface area (Å²) in [5.41, 5.74) is 0.826. The molecule has 6 heteroatoms. The van der Waals surface area contributed by atoms with E-state index in [0.29, 0.717) is 16.5 Å². The summed E-state index contributed by atoms with van der Waals surface area (Å²) in [5, 5.41) is 9.48. The van der Waals surface area contributed by atoms with Crippen molar-refractivity contribution in [3.8, 4) is 22.1 Å². The van der Waals surface area contributed by atoms with E-state index in [9.17, 15) is 4.79 Å². The van der Waals surface area contributed by atoms with Crippen LogP contribution in [0.5, 0.6) is 11.5 Å². The Bertz CT molecular complexity index is 593. The van der Waals surface area contributed by atoms with Gasteiger partial charge in [-0.2, -0.15) is 0 Å². The predicted molar refractivity (Wildman–Crippen MR) is 60.6 cm³/mol. The minimum Gasteiger partial charge on any atom is -0.477 e. The summed E-state index contributed by atoms with van der Waals surface area (Å²) < 4.78 is 10.5. The number of hydrogen-bond acceptors (Lipinski definition) is 5. The summed E-state index contributed by atoms with van der Waals surface area (Å²) in [6.07, 6.45) is 1.35. The van der Waals surface area contributed by atoms with E-state index in [4.69, 9.17) is 14.6 Å². The van der Waals surface area contributed by atoms with Crippen molar-refractivity contribution in [1.29, 1.82) is 0 Å². The van der Waals surface area contributed by atoms with Gasteiger partial charge in [-0.05, 0) is 18.2 Å². The lowest BCUT2D eigenvalue weighted by molar-refractivity contribution is 0.0702. The molecular formula is C11H7NO4S. The summed E-state index contributed by atoms with van der Waals surface area (Å²) >= 11 is 1.13. The monoisotopic (exact) mass is 249 g/mol. The number of rotatable bonds is 2. The summed E-state index contributed by atoms with van der Waals surface area (Å²) in [5.74, 6) is 0.396. The molecule has 17 heavy (non-hydrogen) atoms. The number of benzene rings is 1. The van der Waals surface area contributed by atoms with Crippen molar-refractivity contribution in [3.05, 3.63) is 29.3 Å². The van der Waals surface area contributed by atoms with Crippen molar-refractivity contribution in [2.24, 2.45) is 0 Å². The number of thiazole rings is 1. The second-order valence-corrected chi connectivity index (χ2v) is 4.43. The lowest BCUT2D eigenvalue weighted by Crippen LogP contribution is -1.92. The average molecular weight is 249 g/mol. The lowest BCUT2D eigenvalue weighted by Gasteiger charge is -1.98. The third-order valence-corrected chi connectivity index (χ3v) is 3.37. The number of nitrogens with zero attached hydrogens (tertiary/aromatic N) is 1. The highest BCUT2D eigenvalue weighted by Crippen LogP contribution is 2.36. The molecule has 0 atom stereocenters. The summed E-state index contributed by atoms with van der Waals surface area (Å²) in [4.78, 5) is 15.1. The topological polar surface area (TPSA) is 68.7 Å². The number of carboxylic acids is 1. The summed E-state index contributed by atoms with van der Waals surface area (Å²) in [6.45, 7) is 0.219. The fourth-order valence-corrected chi connectivity index (χ4v) is 2.29. The zero-order valence-corrected chi connectivity index (χ0v) is 9.36. The smallest absolute Gasteiger partial charge is 0.347 e. The van der Waals surface area contributed by atoms with Gasteiger partial charge in [-0.1, -0.05) is 0 Å². The van der Waals surface area contributed by atoms with Crippen LogP contribution in [0.1, 0.15) is 9.67 Å². The Morgan fingerprint density at radius 3 is 2.94 bits per heavy atom. The zero-order valence-electron chi connectivity index (χ0n) is 8.54. The van der Waals surface area contributed by atoms with E-state index in [2.05, 4.69) is 4.98 Å². The number of aromatic nitrogens is 1. The van der Waals surface area contributed by atoms with Crippen LogP contribution in [0.4, 0.5) is 0 Å². The third-order valence-electron chi connectivity index (χ3n) is 2.34. The molecule has 0 radical (unpaired) electrons. The summed E-state index contributed by atoms with van der Waals surface area (Å²) in [6, 6.07) is 5.42. The Morgan fingerprint density at radius 1 is 1.35 bits per heavy atom. The molecule has 0 spiro atoms. The predicted octanol–water partition coefficient (Wildman–Crippen LogP) is 2.24. The van der Waals surface area contributed by atoms with Gasteiger partial charge in [-0.15, -0.1) is 11.3 Å². The molecule has 1 N–H and O–H groups in total. The SMILES string of the molecule is O=C(O)c1cnc(-c2ccc3c(c2)OCO3)s1. The molecule has 1 aliphatic rings. The molecule has 0 saturated carbocycles. The molecule has 0 saturated heterocycles. The minimum absolute atomic E-state index is 0.219. The normalized spacial score (nSPS) is 12.7. The largest absolute Gasteiger partial charge is 0.477 e. The molecule has 3 rings (SSSR count). The zero-order chi connectivity index (χ0) is 11.8. The molecular weight excluding hydrogens is 242 g/mol. The van der Waals surface area contributed by atoms with Gasteiger partial charge in [-0.25, -0.2) is 9.78 Å². The molecule has 0 aliphatic carbocycles. The van der Waals surface area contributed by atoms with Crippen LogP contribution >= 0.6 is 11.3 Å². The highest BCUT2D eigenvalue weighted by Gasteiger charge is 2.16. The molecule has 0 fully saturated rings. The van der Waals surface area contributed by atoms with E-state index in [1.807, 2.05) is 6.07 Å². The van der Waals surface area contributed by atoms with Crippen molar-refractivity contribution in [3.63, 3.8) is 0 Å². The molecule has 2 aromatic rings. The van der Waals surface area contributed by atoms with E-state index in [-0.39, 0.29) is 11.7 Å². The first-order chi connectivity index (χ1) is 8.24. The van der Waals surface area contributed by atoms with E-state index in [0.717, 1.165) is 16.9 Å². The maximum Gasteiger partial charge on any atom is 0.347 e. The fourth-order valence-electron chi connectivity index (χ4n) is 1.54. The number of fused-ring (bicyclic) bond motifs is 1. The van der Waals surface area contributed by atoms with Crippen LogP contribution in [0.25, 0.3) is 10.6 Å². The molecule has 2 heterocycles. The Balaban J connectivity index is 2.00. The highest BCUT2D eigenvalue weighted by atomic mass is 32.1. The maximum absolute atomic E-state index is 10.8. The van der Waals surface area contributed by atoms with Crippen LogP contribution < -0.4 is 9.47 Å². The molecule has 0 unspecified atom stereocenters. The molecule has 86 valence electrons. The average Bonchev–Trinajstić information content (AvgIpc) is 2.97. The van der Waals surface area contributed by atoms with E-state index >= 15 is 0 Å². The number of hydrogen-bond donors (Lipinski definition) is 1. The molecule has 0 bridgehead atoms. The van der Waals surface area contributed by atoms with Crippen LogP contribution in [0.3, 0.4) is 0 Å². The molecule has 5 nitrogen and oxygen atoms in total. The summed E-state index contributed by atoms with van der Waals surface area (Å²) in [7, 11) is 0. The van der Waals surface area contributed by atoms with Gasteiger partial charge in [0.1, 0.15) is 9.88 Å². The molecule has 1 aromatic carbocycles. The Labute approximate surface area is 100 Å². The van der Waals surface area contributed by atoms with Gasteiger partial charge in [0.15, 0.2) is 11.5 Å². The van der Waals surface area contributed by atoms with Gasteiger partial charge in [0.2, 0.25) is 6.79 Å². The number of carbonyl (C=O) groups is 1. The quantitative estimate of drug-likeness (QED) is 0.883. The first-order valence-corrected chi connectivity index (χ1v) is 5.65. The first kappa shape index (κ1) is 10.1. The fraction of sp³-hybridized carbons (Fsp3) is 0.0909. The first-order valence-electron chi connectivity index (χ1n) is 4.83. The Hall–Kier alpha value is -2.08. The van der Waals surface area contributed by atoms with Crippen molar-refractivity contribution >= 4 is 17.3 Å². The third kappa shape index (κ3) is 1.72. The second-order valence-electron chi connectivity index (χ2n) is 3.40. The maximum atomic E-state index is 10.8. The van der Waals surface area contributed by atoms with Crippen molar-refractivity contribution in [2.45, 2.75) is 0 Å². The van der Waals surface area contributed by atoms with Crippen molar-refractivity contribution < 1.29 is 19.4 Å².